The number of nitrogens with zero attached hydrogens (tertiary/aromatic N) is 2. The Labute approximate surface area is 103 Å². The molecule has 94 valence electrons. The third-order valence-corrected chi connectivity index (χ3v) is 2.52. The maximum absolute atomic E-state index is 10.7. The number of carboxylic acid groups (broad SMARTS) is 1. The van der Waals surface area contributed by atoms with Crippen LogP contribution in [0.1, 0.15) is 6.92 Å². The van der Waals surface area contributed by atoms with Crippen molar-refractivity contribution in [3.63, 3.8) is 0 Å². The zero-order chi connectivity index (χ0) is 13.2. The molecule has 0 saturated carbocycles. The first-order chi connectivity index (χ1) is 8.49. The highest BCUT2D eigenvalue weighted by Gasteiger charge is 2.29. The second-order valence-electron chi connectivity index (χ2n) is 4.18. The Kier molecular flexibility index (Phi) is 3.12. The smallest absolute Gasteiger partial charge is 0.337 e. The second-order valence-corrected chi connectivity index (χ2v) is 4.18. The molecule has 1 aromatic carbocycles. The van der Waals surface area contributed by atoms with Gasteiger partial charge in [0.1, 0.15) is 5.82 Å². The van der Waals surface area contributed by atoms with E-state index in [1.807, 2.05) is 24.3 Å². The molecular weight excluding hydrogens is 234 g/mol. The molecule has 0 spiro atoms. The summed E-state index contributed by atoms with van der Waals surface area (Å²) in [7, 11) is 0. The van der Waals surface area contributed by atoms with Crippen molar-refractivity contribution in [1.82, 2.24) is 9.97 Å². The number of hydrogen-bond acceptors (Lipinski definition) is 5. The van der Waals surface area contributed by atoms with E-state index in [1.54, 1.807) is 0 Å². The molecule has 2 rings (SSSR count). The average Bonchev–Trinajstić information content (AvgIpc) is 2.36. The van der Waals surface area contributed by atoms with E-state index < -0.39 is 11.6 Å². The number of anilines is 1. The van der Waals surface area contributed by atoms with Crippen LogP contribution >= 0.6 is 0 Å². The molecule has 0 aliphatic heterocycles. The standard InChI is InChI=1S/C12H13N3O3/c1-12(18,11(16)17)7-14-10-6-13-8-4-2-3-5-9(8)15-10/h2-6,18H,7H2,1H3,(H,14,15)(H,16,17). The van der Waals surface area contributed by atoms with E-state index in [1.165, 1.54) is 13.1 Å². The van der Waals surface area contributed by atoms with Crippen LogP contribution in [0.15, 0.2) is 30.5 Å². The van der Waals surface area contributed by atoms with E-state index in [-0.39, 0.29) is 6.54 Å². The summed E-state index contributed by atoms with van der Waals surface area (Å²) < 4.78 is 0. The summed E-state index contributed by atoms with van der Waals surface area (Å²) >= 11 is 0. The van der Waals surface area contributed by atoms with Crippen LogP contribution in [-0.2, 0) is 4.79 Å². The summed E-state index contributed by atoms with van der Waals surface area (Å²) in [5, 5.41) is 21.1. The SMILES string of the molecule is CC(O)(CNc1cnc2ccccc2n1)C(=O)O. The molecule has 0 aliphatic rings. The summed E-state index contributed by atoms with van der Waals surface area (Å²) in [6, 6.07) is 7.34. The van der Waals surface area contributed by atoms with Crippen LogP contribution in [-0.4, -0.2) is 38.3 Å². The lowest BCUT2D eigenvalue weighted by molar-refractivity contribution is -0.155. The first kappa shape index (κ1) is 12.3. The fourth-order valence-electron chi connectivity index (χ4n) is 1.38. The van der Waals surface area contributed by atoms with Crippen LogP contribution in [0.4, 0.5) is 5.82 Å². The maximum Gasteiger partial charge on any atom is 0.337 e. The Bertz CT molecular complexity index is 584. The number of carbonyl (C=O) groups is 1. The summed E-state index contributed by atoms with van der Waals surface area (Å²) in [4.78, 5) is 19.2. The summed E-state index contributed by atoms with van der Waals surface area (Å²) in [6.45, 7) is 1.08. The molecule has 0 radical (unpaired) electrons. The van der Waals surface area contributed by atoms with Gasteiger partial charge in [-0.15, -0.1) is 0 Å². The van der Waals surface area contributed by atoms with Crippen molar-refractivity contribution < 1.29 is 15.0 Å². The van der Waals surface area contributed by atoms with E-state index in [0.29, 0.717) is 11.3 Å². The molecule has 0 aliphatic carbocycles. The molecule has 6 nitrogen and oxygen atoms in total. The number of fused-ring (bicyclic) bond motifs is 1. The predicted octanol–water partition coefficient (Wildman–Crippen LogP) is 0.877. The van der Waals surface area contributed by atoms with Crippen molar-refractivity contribution in [2.75, 3.05) is 11.9 Å². The van der Waals surface area contributed by atoms with Crippen LogP contribution in [0.25, 0.3) is 11.0 Å². The highest BCUT2D eigenvalue weighted by molar-refractivity contribution is 5.78. The van der Waals surface area contributed by atoms with Crippen molar-refractivity contribution >= 4 is 22.8 Å². The molecule has 1 heterocycles. The van der Waals surface area contributed by atoms with Crippen molar-refractivity contribution in [2.24, 2.45) is 0 Å². The number of aliphatic hydroxyl groups is 1. The Morgan fingerprint density at radius 1 is 1.39 bits per heavy atom. The lowest BCUT2D eigenvalue weighted by atomic mass is 10.1. The average molecular weight is 247 g/mol. The van der Waals surface area contributed by atoms with E-state index in [2.05, 4.69) is 15.3 Å². The first-order valence-electron chi connectivity index (χ1n) is 5.40. The third-order valence-electron chi connectivity index (χ3n) is 2.52. The minimum absolute atomic E-state index is 0.143. The van der Waals surface area contributed by atoms with Crippen LogP contribution in [0.2, 0.25) is 0 Å². The molecule has 0 amide bonds. The highest BCUT2D eigenvalue weighted by Crippen LogP contribution is 2.12. The van der Waals surface area contributed by atoms with Crippen molar-refractivity contribution in [2.45, 2.75) is 12.5 Å². The number of aromatic nitrogens is 2. The summed E-state index contributed by atoms with van der Waals surface area (Å²) in [5.41, 5.74) is -0.377. The maximum atomic E-state index is 10.7. The van der Waals surface area contributed by atoms with E-state index in [4.69, 9.17) is 5.11 Å². The van der Waals surface area contributed by atoms with E-state index in [9.17, 15) is 9.90 Å². The van der Waals surface area contributed by atoms with Crippen molar-refractivity contribution in [1.29, 1.82) is 0 Å². The molecule has 1 aromatic heterocycles. The molecule has 0 bridgehead atoms. The fourth-order valence-corrected chi connectivity index (χ4v) is 1.38. The fraction of sp³-hybridized carbons (Fsp3) is 0.250. The Hall–Kier alpha value is -2.21. The molecule has 0 saturated heterocycles. The summed E-state index contributed by atoms with van der Waals surface area (Å²) in [6.07, 6.45) is 1.50. The number of para-hydroxylation sites is 2. The lowest BCUT2D eigenvalue weighted by Gasteiger charge is -2.18. The molecule has 2 aromatic rings. The molecule has 18 heavy (non-hydrogen) atoms. The zero-order valence-electron chi connectivity index (χ0n) is 9.79. The van der Waals surface area contributed by atoms with Gasteiger partial charge in [0.05, 0.1) is 23.8 Å². The monoisotopic (exact) mass is 247 g/mol. The van der Waals surface area contributed by atoms with Gasteiger partial charge in [0.25, 0.3) is 0 Å². The van der Waals surface area contributed by atoms with Crippen molar-refractivity contribution in [3.8, 4) is 0 Å². The topological polar surface area (TPSA) is 95.3 Å². The number of nitrogens with one attached hydrogen (secondary N) is 1. The van der Waals surface area contributed by atoms with Crippen LogP contribution in [0.3, 0.4) is 0 Å². The van der Waals surface area contributed by atoms with Gasteiger partial charge in [0.15, 0.2) is 5.60 Å². The molecule has 6 heteroatoms. The minimum Gasteiger partial charge on any atom is -0.479 e. The number of hydrogen-bond donors (Lipinski definition) is 3. The second kappa shape index (κ2) is 4.58. The molecule has 1 atom stereocenters. The van der Waals surface area contributed by atoms with Crippen LogP contribution in [0.5, 0.6) is 0 Å². The van der Waals surface area contributed by atoms with Gasteiger partial charge in [-0.3, -0.25) is 4.98 Å². The van der Waals surface area contributed by atoms with E-state index in [0.717, 1.165) is 5.52 Å². The largest absolute Gasteiger partial charge is 0.479 e. The van der Waals surface area contributed by atoms with Crippen LogP contribution < -0.4 is 5.32 Å². The van der Waals surface area contributed by atoms with Gasteiger partial charge < -0.3 is 15.5 Å². The molecule has 0 fully saturated rings. The molecule has 1 unspecified atom stereocenters. The zero-order valence-corrected chi connectivity index (χ0v) is 9.79. The van der Waals surface area contributed by atoms with Gasteiger partial charge in [-0.2, -0.15) is 0 Å². The Balaban J connectivity index is 2.15. The predicted molar refractivity (Wildman–Crippen MR) is 66.3 cm³/mol. The Morgan fingerprint density at radius 3 is 2.72 bits per heavy atom. The first-order valence-corrected chi connectivity index (χ1v) is 5.40. The lowest BCUT2D eigenvalue weighted by Crippen LogP contribution is -2.41. The normalized spacial score (nSPS) is 14.1. The van der Waals surface area contributed by atoms with Gasteiger partial charge in [0.2, 0.25) is 0 Å². The number of aliphatic carboxylic acids is 1. The van der Waals surface area contributed by atoms with Crippen LogP contribution in [0, 0.1) is 0 Å². The quantitative estimate of drug-likeness (QED) is 0.742. The van der Waals surface area contributed by atoms with Crippen molar-refractivity contribution in [3.05, 3.63) is 30.5 Å². The van der Waals surface area contributed by atoms with Gasteiger partial charge in [-0.1, -0.05) is 12.1 Å². The molecular formula is C12H13N3O3. The number of rotatable bonds is 4. The van der Waals surface area contributed by atoms with Gasteiger partial charge in [-0.25, -0.2) is 9.78 Å². The highest BCUT2D eigenvalue weighted by atomic mass is 16.4. The number of benzene rings is 1. The summed E-state index contributed by atoms with van der Waals surface area (Å²) in [5.74, 6) is -0.862. The molecule has 3 N–H and O–H groups in total. The van der Waals surface area contributed by atoms with Gasteiger partial charge in [0, 0.05) is 0 Å². The Morgan fingerprint density at radius 2 is 2.06 bits per heavy atom. The number of carboxylic acids is 1. The third kappa shape index (κ3) is 2.54. The minimum atomic E-state index is -1.84. The van der Waals surface area contributed by atoms with E-state index >= 15 is 0 Å². The van der Waals surface area contributed by atoms with Gasteiger partial charge in [-0.05, 0) is 19.1 Å². The van der Waals surface area contributed by atoms with Gasteiger partial charge >= 0.3 is 5.97 Å².